The molecule has 2 aromatic carbocycles. The monoisotopic (exact) mass is 922 g/mol. The van der Waals surface area contributed by atoms with Crippen molar-refractivity contribution < 1.29 is 43.4 Å². The number of carbonyl (C=O) groups is 7. The molecule has 2 aromatic rings. The van der Waals surface area contributed by atoms with Gasteiger partial charge in [-0.25, -0.2) is 19.2 Å². The third-order valence-corrected chi connectivity index (χ3v) is 11.2. The Balaban J connectivity index is 1.87. The number of nitrogens with one attached hydrogen (secondary N) is 6. The first kappa shape index (κ1) is 54.3. The van der Waals surface area contributed by atoms with Gasteiger partial charge in [-0.3, -0.25) is 14.4 Å². The van der Waals surface area contributed by atoms with Crippen LogP contribution in [0.4, 0.5) is 19.2 Å². The number of likely N-dealkylation sites (tertiary alicyclic amines) is 1. The van der Waals surface area contributed by atoms with Crippen LogP contribution in [0, 0.1) is 5.92 Å². The number of hydrogen-bond donors (Lipinski definition) is 7. The minimum absolute atomic E-state index is 0.00817. The van der Waals surface area contributed by atoms with Gasteiger partial charge in [-0.2, -0.15) is 0 Å². The van der Waals surface area contributed by atoms with Crippen molar-refractivity contribution in [3.05, 3.63) is 71.8 Å². The number of carboxylic acid groups (broad SMARTS) is 1. The highest BCUT2D eigenvalue weighted by Crippen LogP contribution is 2.21. The number of hydrogen-bond acceptors (Lipinski definition) is 8. The lowest BCUT2D eigenvalue weighted by atomic mass is 9.99. The average molecular weight is 922 g/mol. The van der Waals surface area contributed by atoms with E-state index in [1.807, 2.05) is 95.3 Å². The molecule has 0 spiro atoms. The van der Waals surface area contributed by atoms with E-state index in [0.29, 0.717) is 38.8 Å². The third kappa shape index (κ3) is 18.4. The molecule has 18 heteroatoms. The highest BCUT2D eigenvalue weighted by molar-refractivity contribution is 5.94. The Morgan fingerprint density at radius 3 is 1.92 bits per heavy atom. The first-order valence-electron chi connectivity index (χ1n) is 23.0. The molecule has 4 atom stereocenters. The van der Waals surface area contributed by atoms with Crippen LogP contribution in [0.3, 0.4) is 0 Å². The van der Waals surface area contributed by atoms with Gasteiger partial charge in [-0.05, 0) is 97.1 Å². The molecule has 0 aromatic heterocycles. The number of unbranched alkanes of at least 4 members (excludes halogenated alkanes) is 1. The minimum atomic E-state index is -1.15. The van der Waals surface area contributed by atoms with Gasteiger partial charge in [0.2, 0.25) is 17.7 Å². The van der Waals surface area contributed by atoms with Gasteiger partial charge in [0.25, 0.3) is 0 Å². The SMILES string of the molecule is CNC(=O)NC1CCN(C(=O)C(CCCCN(C(=O)O)C(C)(C)C)NC(=O)C(CC(C)C)NC(=O)C(Cc2ccccc2)NC(=O)N(C)C(CNC(=O)OC(C)(C)C)c2ccccc2)CC1. The number of carbonyl (C=O) groups excluding carboxylic acids is 6. The number of alkyl carbamates (subject to hydrolysis) is 1. The van der Waals surface area contributed by atoms with E-state index in [1.165, 1.54) is 16.8 Å². The highest BCUT2D eigenvalue weighted by Gasteiger charge is 2.35. The van der Waals surface area contributed by atoms with Crippen LogP contribution in [-0.4, -0.2) is 137 Å². The number of likely N-dealkylation sites (N-methyl/N-ethyl adjacent to an activating group) is 1. The van der Waals surface area contributed by atoms with Gasteiger partial charge in [0.1, 0.15) is 23.7 Å². The lowest BCUT2D eigenvalue weighted by Crippen LogP contribution is -2.59. The summed E-state index contributed by atoms with van der Waals surface area (Å²) in [4.78, 5) is 98.2. The van der Waals surface area contributed by atoms with Crippen molar-refractivity contribution in [3.63, 3.8) is 0 Å². The maximum Gasteiger partial charge on any atom is 0.407 e. The van der Waals surface area contributed by atoms with Crippen LogP contribution in [0.2, 0.25) is 0 Å². The molecule has 0 bridgehead atoms. The average Bonchev–Trinajstić information content (AvgIpc) is 3.24. The molecule has 9 amide bonds. The molecule has 7 N–H and O–H groups in total. The fraction of sp³-hybridized carbons (Fsp3) is 0.604. The summed E-state index contributed by atoms with van der Waals surface area (Å²) in [5, 5.41) is 26.7. The molecule has 0 saturated carbocycles. The van der Waals surface area contributed by atoms with Crippen molar-refractivity contribution >= 4 is 42.0 Å². The fourth-order valence-corrected chi connectivity index (χ4v) is 7.66. The smallest absolute Gasteiger partial charge is 0.407 e. The summed E-state index contributed by atoms with van der Waals surface area (Å²) >= 11 is 0. The second-order valence-corrected chi connectivity index (χ2v) is 19.3. The summed E-state index contributed by atoms with van der Waals surface area (Å²) in [7, 11) is 3.10. The standard InChI is InChI=1S/C48H75N9O9/c1-32(2)29-37(40(58)52-36(23-17-18-26-57(46(64)65)47(3,4)5)42(60)56-27-24-35(25-28-56)51-43(61)49-9)53-41(59)38(30-33-19-13-11-14-20-33)54-44(62)55(10)39(34-21-15-12-16-22-34)31-50-45(63)66-48(6,7)8/h11-16,19-22,32,35-39H,17-18,23-31H2,1-10H3,(H,50,63)(H,52,58)(H,53,59)(H,54,62)(H,64,65)(H2,49,51,61). The van der Waals surface area contributed by atoms with E-state index >= 15 is 0 Å². The van der Waals surface area contributed by atoms with Gasteiger partial charge in [0.05, 0.1) is 6.04 Å². The number of urea groups is 2. The summed E-state index contributed by atoms with van der Waals surface area (Å²) in [6.45, 7) is 15.4. The van der Waals surface area contributed by atoms with Crippen LogP contribution in [0.15, 0.2) is 60.7 Å². The lowest BCUT2D eigenvalue weighted by Gasteiger charge is -2.35. The van der Waals surface area contributed by atoms with E-state index in [4.69, 9.17) is 4.74 Å². The largest absolute Gasteiger partial charge is 0.465 e. The molecule has 0 aliphatic carbocycles. The number of benzene rings is 2. The van der Waals surface area contributed by atoms with E-state index in [0.717, 1.165) is 11.1 Å². The predicted molar refractivity (Wildman–Crippen MR) is 252 cm³/mol. The summed E-state index contributed by atoms with van der Waals surface area (Å²) in [6, 6.07) is 13.3. The van der Waals surface area contributed by atoms with E-state index in [-0.39, 0.29) is 56.3 Å². The third-order valence-electron chi connectivity index (χ3n) is 11.2. The highest BCUT2D eigenvalue weighted by atomic mass is 16.6. The van der Waals surface area contributed by atoms with Crippen LogP contribution < -0.4 is 31.9 Å². The van der Waals surface area contributed by atoms with Crippen molar-refractivity contribution in [2.45, 2.75) is 142 Å². The summed E-state index contributed by atoms with van der Waals surface area (Å²) in [5.41, 5.74) is 0.105. The van der Waals surface area contributed by atoms with E-state index < -0.39 is 65.3 Å². The van der Waals surface area contributed by atoms with Gasteiger partial charge < -0.3 is 56.4 Å². The fourth-order valence-electron chi connectivity index (χ4n) is 7.66. The van der Waals surface area contributed by atoms with Gasteiger partial charge in [0.15, 0.2) is 0 Å². The summed E-state index contributed by atoms with van der Waals surface area (Å²) in [5.74, 6) is -1.57. The summed E-state index contributed by atoms with van der Waals surface area (Å²) < 4.78 is 5.44. The Morgan fingerprint density at radius 1 is 0.803 bits per heavy atom. The van der Waals surface area contributed by atoms with Crippen LogP contribution in [-0.2, 0) is 25.5 Å². The molecule has 1 heterocycles. The first-order chi connectivity index (χ1) is 31.0. The molecule has 1 fully saturated rings. The normalized spacial score (nSPS) is 15.0. The van der Waals surface area contributed by atoms with Gasteiger partial charge in [-0.15, -0.1) is 0 Å². The van der Waals surface area contributed by atoms with Crippen LogP contribution in [0.25, 0.3) is 0 Å². The number of amides is 9. The molecule has 4 unspecified atom stereocenters. The molecule has 1 aliphatic rings. The predicted octanol–water partition coefficient (Wildman–Crippen LogP) is 5.39. The van der Waals surface area contributed by atoms with Gasteiger partial charge in [0, 0.05) is 58.3 Å². The maximum atomic E-state index is 14.4. The maximum absolute atomic E-state index is 14.4. The molecular weight excluding hydrogens is 847 g/mol. The summed E-state index contributed by atoms with van der Waals surface area (Å²) in [6.07, 6.45) is 0.695. The molecule has 1 saturated heterocycles. The van der Waals surface area contributed by atoms with Crippen molar-refractivity contribution in [2.75, 3.05) is 40.3 Å². The Hall–Kier alpha value is -6.07. The van der Waals surface area contributed by atoms with Gasteiger partial charge in [-0.1, -0.05) is 74.5 Å². The van der Waals surface area contributed by atoms with Crippen molar-refractivity contribution in [1.82, 2.24) is 46.6 Å². The zero-order chi connectivity index (χ0) is 49.2. The Labute approximate surface area is 390 Å². The topological polar surface area (TPSA) is 231 Å². The molecule has 3 rings (SSSR count). The molecule has 366 valence electrons. The van der Waals surface area contributed by atoms with Gasteiger partial charge >= 0.3 is 24.2 Å². The second kappa shape index (κ2) is 25.6. The Kier molecular flexibility index (Phi) is 21.0. The second-order valence-electron chi connectivity index (χ2n) is 19.3. The van der Waals surface area contributed by atoms with Crippen molar-refractivity contribution in [3.8, 4) is 0 Å². The van der Waals surface area contributed by atoms with Crippen molar-refractivity contribution in [1.29, 1.82) is 0 Å². The number of rotatable bonds is 20. The molecule has 1 aliphatic heterocycles. The van der Waals surface area contributed by atoms with E-state index in [9.17, 15) is 38.7 Å². The van der Waals surface area contributed by atoms with Crippen LogP contribution in [0.5, 0.6) is 0 Å². The van der Waals surface area contributed by atoms with Crippen molar-refractivity contribution in [2.24, 2.45) is 5.92 Å². The molecular formula is C48H75N9O9. The number of piperidine rings is 1. The lowest BCUT2D eigenvalue weighted by molar-refractivity contribution is -0.138. The molecule has 66 heavy (non-hydrogen) atoms. The first-order valence-corrected chi connectivity index (χ1v) is 23.0. The number of nitrogens with zero attached hydrogens (tertiary/aromatic N) is 3. The van der Waals surface area contributed by atoms with Crippen LogP contribution in [0.1, 0.15) is 111 Å². The molecule has 18 nitrogen and oxygen atoms in total. The zero-order valence-electron chi connectivity index (χ0n) is 40.6. The zero-order valence-corrected chi connectivity index (χ0v) is 40.6. The van der Waals surface area contributed by atoms with E-state index in [1.54, 1.807) is 32.7 Å². The van der Waals surface area contributed by atoms with E-state index in [2.05, 4.69) is 31.9 Å². The minimum Gasteiger partial charge on any atom is -0.465 e. The van der Waals surface area contributed by atoms with Crippen LogP contribution >= 0.6 is 0 Å². The Bertz CT molecular complexity index is 1900. The molecule has 0 radical (unpaired) electrons. The number of ether oxygens (including phenoxy) is 1. The Morgan fingerprint density at radius 2 is 1.38 bits per heavy atom. The quantitative estimate of drug-likeness (QED) is 0.0844.